The van der Waals surface area contributed by atoms with Gasteiger partial charge in [-0.1, -0.05) is 11.6 Å². The van der Waals surface area contributed by atoms with Gasteiger partial charge in [-0.05, 0) is 68.0 Å². The second-order valence-electron chi connectivity index (χ2n) is 4.95. The molecule has 0 saturated carbocycles. The van der Waals surface area contributed by atoms with Crippen LogP contribution >= 0.6 is 22.6 Å². The highest BCUT2D eigenvalue weighted by Crippen LogP contribution is 2.15. The van der Waals surface area contributed by atoms with Gasteiger partial charge in [-0.15, -0.1) is 0 Å². The number of halogens is 1. The van der Waals surface area contributed by atoms with Crippen LogP contribution < -0.4 is 10.6 Å². The second-order valence-corrected chi connectivity index (χ2v) is 6.11. The Morgan fingerprint density at radius 1 is 1.50 bits per heavy atom. The number of amides is 1. The SMILES string of the molecule is Cc1ccc(I)c(C(=O)NC2CCCNC2C)c1. The lowest BCUT2D eigenvalue weighted by atomic mass is 9.99. The van der Waals surface area contributed by atoms with E-state index in [-0.39, 0.29) is 11.9 Å². The molecule has 2 rings (SSSR count). The van der Waals surface area contributed by atoms with E-state index in [1.54, 1.807) is 0 Å². The molecule has 2 atom stereocenters. The number of nitrogens with one attached hydrogen (secondary N) is 2. The molecule has 0 bridgehead atoms. The molecule has 1 heterocycles. The minimum Gasteiger partial charge on any atom is -0.348 e. The van der Waals surface area contributed by atoms with Crippen LogP contribution in [0.1, 0.15) is 35.7 Å². The van der Waals surface area contributed by atoms with Gasteiger partial charge in [-0.2, -0.15) is 0 Å². The van der Waals surface area contributed by atoms with Crippen molar-refractivity contribution in [3.05, 3.63) is 32.9 Å². The Morgan fingerprint density at radius 3 is 3.00 bits per heavy atom. The first-order valence-electron chi connectivity index (χ1n) is 6.38. The second kappa shape index (κ2) is 6.02. The molecule has 1 fully saturated rings. The van der Waals surface area contributed by atoms with Crippen molar-refractivity contribution in [2.45, 2.75) is 38.8 Å². The van der Waals surface area contributed by atoms with Gasteiger partial charge >= 0.3 is 0 Å². The normalized spacial score (nSPS) is 23.7. The number of rotatable bonds is 2. The van der Waals surface area contributed by atoms with Crippen molar-refractivity contribution in [2.75, 3.05) is 6.54 Å². The van der Waals surface area contributed by atoms with E-state index in [4.69, 9.17) is 0 Å². The van der Waals surface area contributed by atoms with Gasteiger partial charge in [0, 0.05) is 15.7 Å². The Labute approximate surface area is 122 Å². The van der Waals surface area contributed by atoms with Gasteiger partial charge in [0.2, 0.25) is 0 Å². The molecule has 98 valence electrons. The summed E-state index contributed by atoms with van der Waals surface area (Å²) in [5.74, 6) is 0.0450. The molecule has 1 aliphatic heterocycles. The predicted octanol–water partition coefficient (Wildman–Crippen LogP) is 2.47. The molecule has 18 heavy (non-hydrogen) atoms. The maximum atomic E-state index is 12.3. The number of piperidine rings is 1. The Morgan fingerprint density at radius 2 is 2.28 bits per heavy atom. The fraction of sp³-hybridized carbons (Fsp3) is 0.500. The zero-order chi connectivity index (χ0) is 13.1. The Balaban J connectivity index is 2.09. The van der Waals surface area contributed by atoms with Crippen LogP contribution in [0.4, 0.5) is 0 Å². The molecular formula is C14H19IN2O. The highest BCUT2D eigenvalue weighted by Gasteiger charge is 2.23. The molecule has 1 aromatic carbocycles. The maximum absolute atomic E-state index is 12.3. The third-order valence-electron chi connectivity index (χ3n) is 3.44. The quantitative estimate of drug-likeness (QED) is 0.798. The maximum Gasteiger partial charge on any atom is 0.252 e. The topological polar surface area (TPSA) is 41.1 Å². The third kappa shape index (κ3) is 3.23. The fourth-order valence-corrected chi connectivity index (χ4v) is 2.88. The fourth-order valence-electron chi connectivity index (χ4n) is 2.30. The van der Waals surface area contributed by atoms with Crippen LogP contribution in [0.3, 0.4) is 0 Å². The van der Waals surface area contributed by atoms with Crippen LogP contribution in [0.25, 0.3) is 0 Å². The van der Waals surface area contributed by atoms with Crippen molar-refractivity contribution in [1.82, 2.24) is 10.6 Å². The summed E-state index contributed by atoms with van der Waals surface area (Å²) >= 11 is 2.22. The van der Waals surface area contributed by atoms with Gasteiger partial charge < -0.3 is 10.6 Å². The van der Waals surface area contributed by atoms with E-state index in [2.05, 4.69) is 40.1 Å². The van der Waals surface area contributed by atoms with Gasteiger partial charge in [0.05, 0.1) is 5.56 Å². The number of carbonyl (C=O) groups excluding carboxylic acids is 1. The summed E-state index contributed by atoms with van der Waals surface area (Å²) in [6.07, 6.45) is 2.18. The van der Waals surface area contributed by atoms with E-state index in [0.717, 1.165) is 34.1 Å². The van der Waals surface area contributed by atoms with Gasteiger partial charge in [-0.25, -0.2) is 0 Å². The predicted molar refractivity (Wildman–Crippen MR) is 81.8 cm³/mol. The molecule has 0 radical (unpaired) electrons. The van der Waals surface area contributed by atoms with Crippen LogP contribution in [0, 0.1) is 10.5 Å². The Bertz CT molecular complexity index is 447. The zero-order valence-electron chi connectivity index (χ0n) is 10.8. The summed E-state index contributed by atoms with van der Waals surface area (Å²) < 4.78 is 1.01. The minimum absolute atomic E-state index is 0.0450. The van der Waals surface area contributed by atoms with E-state index in [9.17, 15) is 4.79 Å². The summed E-state index contributed by atoms with van der Waals surface area (Å²) in [5.41, 5.74) is 1.91. The van der Waals surface area contributed by atoms with Crippen LogP contribution in [0.5, 0.6) is 0 Å². The van der Waals surface area contributed by atoms with Gasteiger partial charge in [0.15, 0.2) is 0 Å². The molecule has 0 aliphatic carbocycles. The molecule has 0 aromatic heterocycles. The number of aryl methyl sites for hydroxylation is 1. The van der Waals surface area contributed by atoms with Crippen LogP contribution in [0.2, 0.25) is 0 Å². The number of hydrogen-bond acceptors (Lipinski definition) is 2. The zero-order valence-corrected chi connectivity index (χ0v) is 13.0. The van der Waals surface area contributed by atoms with E-state index >= 15 is 0 Å². The van der Waals surface area contributed by atoms with Crippen LogP contribution in [-0.2, 0) is 0 Å². The van der Waals surface area contributed by atoms with E-state index in [0.29, 0.717) is 6.04 Å². The summed E-state index contributed by atoms with van der Waals surface area (Å²) in [6, 6.07) is 6.57. The first kappa shape index (κ1) is 13.8. The molecule has 3 nitrogen and oxygen atoms in total. The molecule has 1 saturated heterocycles. The van der Waals surface area contributed by atoms with Crippen LogP contribution in [0.15, 0.2) is 18.2 Å². The lowest BCUT2D eigenvalue weighted by Gasteiger charge is -2.30. The third-order valence-corrected chi connectivity index (χ3v) is 4.39. The van der Waals surface area contributed by atoms with Crippen molar-refractivity contribution < 1.29 is 4.79 Å². The van der Waals surface area contributed by atoms with E-state index < -0.39 is 0 Å². The van der Waals surface area contributed by atoms with Crippen molar-refractivity contribution in [3.63, 3.8) is 0 Å². The first-order valence-corrected chi connectivity index (χ1v) is 7.46. The van der Waals surface area contributed by atoms with E-state index in [1.165, 1.54) is 0 Å². The molecular weight excluding hydrogens is 339 g/mol. The lowest BCUT2D eigenvalue weighted by molar-refractivity contribution is 0.0919. The van der Waals surface area contributed by atoms with Crippen LogP contribution in [-0.4, -0.2) is 24.5 Å². The molecule has 1 amide bonds. The minimum atomic E-state index is 0.0450. The number of carbonyl (C=O) groups is 1. The highest BCUT2D eigenvalue weighted by atomic mass is 127. The smallest absolute Gasteiger partial charge is 0.252 e. The summed E-state index contributed by atoms with van der Waals surface area (Å²) in [6.45, 7) is 5.19. The van der Waals surface area contributed by atoms with Gasteiger partial charge in [-0.3, -0.25) is 4.79 Å². The number of benzene rings is 1. The van der Waals surface area contributed by atoms with Crippen molar-refractivity contribution in [2.24, 2.45) is 0 Å². The monoisotopic (exact) mass is 358 g/mol. The largest absolute Gasteiger partial charge is 0.348 e. The average molecular weight is 358 g/mol. The standard InChI is InChI=1S/C14H19IN2O/c1-9-5-6-12(15)11(8-9)14(18)17-13-4-3-7-16-10(13)2/h5-6,8,10,13,16H,3-4,7H2,1-2H3,(H,17,18). The van der Waals surface area contributed by atoms with Gasteiger partial charge in [0.1, 0.15) is 0 Å². The molecule has 0 spiro atoms. The summed E-state index contributed by atoms with van der Waals surface area (Å²) in [4.78, 5) is 12.3. The van der Waals surface area contributed by atoms with Crippen molar-refractivity contribution in [3.8, 4) is 0 Å². The number of hydrogen-bond donors (Lipinski definition) is 2. The molecule has 1 aliphatic rings. The summed E-state index contributed by atoms with van der Waals surface area (Å²) in [5, 5.41) is 6.54. The first-order chi connectivity index (χ1) is 8.58. The molecule has 1 aromatic rings. The lowest BCUT2D eigenvalue weighted by Crippen LogP contribution is -2.52. The van der Waals surface area contributed by atoms with Crippen molar-refractivity contribution in [1.29, 1.82) is 0 Å². The highest BCUT2D eigenvalue weighted by molar-refractivity contribution is 14.1. The Kier molecular flexibility index (Phi) is 4.61. The Hall–Kier alpha value is -0.620. The summed E-state index contributed by atoms with van der Waals surface area (Å²) in [7, 11) is 0. The molecule has 4 heteroatoms. The molecule has 2 N–H and O–H groups in total. The van der Waals surface area contributed by atoms with Gasteiger partial charge in [0.25, 0.3) is 5.91 Å². The molecule has 2 unspecified atom stereocenters. The van der Waals surface area contributed by atoms with E-state index in [1.807, 2.05) is 25.1 Å². The van der Waals surface area contributed by atoms with Crippen molar-refractivity contribution >= 4 is 28.5 Å². The average Bonchev–Trinajstić information content (AvgIpc) is 2.35.